The Balaban J connectivity index is 2.63. The maximum Gasteiger partial charge on any atom is 0.432 e. The number of nitrogens with two attached hydrogens (primary N) is 2. The summed E-state index contributed by atoms with van der Waals surface area (Å²) in [5.74, 6) is 6.57. The monoisotopic (exact) mass is 368 g/mol. The van der Waals surface area contributed by atoms with Crippen molar-refractivity contribution >= 4 is 5.69 Å². The average molecular weight is 368 g/mol. The Labute approximate surface area is 148 Å². The fraction of sp³-hybridized carbons (Fsp3) is 0.235. The van der Waals surface area contributed by atoms with Crippen LogP contribution in [-0.4, -0.2) is 25.4 Å². The molecule has 0 aliphatic heterocycles. The Morgan fingerprint density at radius 1 is 1.15 bits per heavy atom. The highest BCUT2D eigenvalue weighted by molar-refractivity contribution is 5.83. The van der Waals surface area contributed by atoms with Gasteiger partial charge in [-0.05, 0) is 19.1 Å². The van der Waals surface area contributed by atoms with Crippen LogP contribution in [0.4, 0.5) is 18.9 Å². The number of rotatable bonds is 5. The minimum absolute atomic E-state index is 0.300. The number of halogens is 3. The van der Waals surface area contributed by atoms with Crippen molar-refractivity contribution in [2.75, 3.05) is 19.2 Å². The van der Waals surface area contributed by atoms with E-state index in [9.17, 15) is 13.2 Å². The first kappa shape index (κ1) is 19.4. The van der Waals surface area contributed by atoms with Gasteiger partial charge in [0.2, 0.25) is 5.88 Å². The smallest absolute Gasteiger partial charge is 0.432 e. The van der Waals surface area contributed by atoms with Gasteiger partial charge in [-0.1, -0.05) is 11.6 Å². The predicted molar refractivity (Wildman–Crippen MR) is 92.5 cm³/mol. The summed E-state index contributed by atoms with van der Waals surface area (Å²) in [5, 5.41) is 0.823. The summed E-state index contributed by atoms with van der Waals surface area (Å²) in [6, 6.07) is 6.70. The highest BCUT2D eigenvalue weighted by Gasteiger charge is 2.32. The number of anilines is 1. The second-order valence-electron chi connectivity index (χ2n) is 5.44. The molecule has 0 aliphatic carbocycles. The van der Waals surface area contributed by atoms with E-state index in [4.69, 9.17) is 21.1 Å². The number of aromatic nitrogens is 1. The molecule has 0 radical (unpaired) electrons. The third kappa shape index (κ3) is 4.17. The molecule has 1 aromatic heterocycles. The zero-order chi connectivity index (χ0) is 19.5. The zero-order valence-electron chi connectivity index (χ0n) is 14.5. The van der Waals surface area contributed by atoms with Gasteiger partial charge in [0.15, 0.2) is 0 Å². The van der Waals surface area contributed by atoms with Gasteiger partial charge in [0, 0.05) is 23.4 Å². The number of nitrogens with zero attached hydrogens (tertiary/aromatic N) is 2. The van der Waals surface area contributed by atoms with Crippen LogP contribution < -0.4 is 26.1 Å². The molecule has 140 valence electrons. The minimum atomic E-state index is -4.68. The summed E-state index contributed by atoms with van der Waals surface area (Å²) in [6.45, 7) is 1.85. The highest BCUT2D eigenvalue weighted by Crippen LogP contribution is 2.38. The lowest BCUT2D eigenvalue weighted by atomic mass is 10.0. The van der Waals surface area contributed by atoms with Gasteiger partial charge < -0.3 is 15.2 Å². The molecule has 0 atom stereocenters. The molecule has 1 heterocycles. The van der Waals surface area contributed by atoms with E-state index in [1.54, 1.807) is 24.3 Å². The molecule has 9 heteroatoms. The maximum atomic E-state index is 12.7. The minimum Gasteiger partial charge on any atom is -0.494 e. The van der Waals surface area contributed by atoms with E-state index < -0.39 is 11.9 Å². The first-order chi connectivity index (χ1) is 12.2. The lowest BCUT2D eigenvalue weighted by molar-refractivity contribution is -0.0928. The molecule has 4 N–H and O–H groups in total. The summed E-state index contributed by atoms with van der Waals surface area (Å²) < 4.78 is 48.6. The van der Waals surface area contributed by atoms with E-state index in [-0.39, 0.29) is 0 Å². The number of ether oxygens (including phenoxy) is 2. The van der Waals surface area contributed by atoms with Crippen LogP contribution in [0.1, 0.15) is 5.56 Å². The van der Waals surface area contributed by atoms with Crippen LogP contribution in [0.5, 0.6) is 11.6 Å². The zero-order valence-corrected chi connectivity index (χ0v) is 14.5. The normalized spacial score (nSPS) is 12.0. The van der Waals surface area contributed by atoms with Gasteiger partial charge in [-0.3, -0.25) is 5.01 Å². The van der Waals surface area contributed by atoms with Crippen LogP contribution in [0.2, 0.25) is 0 Å². The Morgan fingerprint density at radius 3 is 2.42 bits per heavy atom. The number of hydrogen-bond donors (Lipinski definition) is 2. The lowest BCUT2D eigenvalue weighted by Crippen LogP contribution is -2.30. The maximum absolute atomic E-state index is 12.7. The number of methoxy groups -OCH3 is 2. The first-order valence-corrected chi connectivity index (χ1v) is 7.44. The molecule has 0 aliphatic rings. The molecule has 2 rings (SSSR count). The quantitative estimate of drug-likeness (QED) is 0.623. The van der Waals surface area contributed by atoms with Crippen molar-refractivity contribution in [2.45, 2.75) is 13.1 Å². The first-order valence-electron chi connectivity index (χ1n) is 7.44. The lowest BCUT2D eigenvalue weighted by Gasteiger charge is -2.21. The summed E-state index contributed by atoms with van der Waals surface area (Å²) in [6.07, 6.45) is -2.60. The average Bonchev–Trinajstić information content (AvgIpc) is 2.60. The van der Waals surface area contributed by atoms with Crippen LogP contribution in [0.3, 0.4) is 0 Å². The number of aryl methyl sites for hydroxylation is 1. The van der Waals surface area contributed by atoms with Gasteiger partial charge in [-0.15, -0.1) is 0 Å². The molecule has 0 saturated carbocycles. The van der Waals surface area contributed by atoms with Gasteiger partial charge >= 0.3 is 6.18 Å². The number of pyridine rings is 1. The van der Waals surface area contributed by atoms with Crippen molar-refractivity contribution in [2.24, 2.45) is 11.6 Å². The van der Waals surface area contributed by atoms with E-state index in [0.717, 1.165) is 10.6 Å². The number of benzene rings is 1. The number of alkyl halides is 3. The van der Waals surface area contributed by atoms with E-state index in [1.165, 1.54) is 20.4 Å². The van der Waals surface area contributed by atoms with Crippen LogP contribution in [-0.2, 0) is 0 Å². The molecule has 0 saturated heterocycles. The largest absolute Gasteiger partial charge is 0.494 e. The molecule has 0 unspecified atom stereocenters. The SMILES string of the molecule is COc1cc(-c2cc(C)ccc2N(N)/C=C(\N)C(F)(F)F)c(OC)cn1. The predicted octanol–water partition coefficient (Wildman–Crippen LogP) is 3.12. The van der Waals surface area contributed by atoms with Gasteiger partial charge in [0.25, 0.3) is 0 Å². The Kier molecular flexibility index (Phi) is 5.61. The Bertz CT molecular complexity index is 822. The molecular weight excluding hydrogens is 349 g/mol. The van der Waals surface area contributed by atoms with Crippen molar-refractivity contribution in [3.8, 4) is 22.8 Å². The van der Waals surface area contributed by atoms with Gasteiger partial charge in [-0.2, -0.15) is 13.2 Å². The van der Waals surface area contributed by atoms with Crippen molar-refractivity contribution in [1.82, 2.24) is 4.98 Å². The van der Waals surface area contributed by atoms with Crippen LogP contribution in [0, 0.1) is 6.92 Å². The number of hydrazine groups is 1. The molecule has 0 bridgehead atoms. The second-order valence-corrected chi connectivity index (χ2v) is 5.44. The molecule has 26 heavy (non-hydrogen) atoms. The summed E-state index contributed by atoms with van der Waals surface area (Å²) in [7, 11) is 2.92. The van der Waals surface area contributed by atoms with Crippen molar-refractivity contribution < 1.29 is 22.6 Å². The summed E-state index contributed by atoms with van der Waals surface area (Å²) in [4.78, 5) is 4.06. The molecule has 2 aromatic rings. The standard InChI is InChI=1S/C17H19F3N4O2/c1-10-4-5-13(24(22)9-15(21)17(18,19)20)11(6-10)12-7-16(26-3)23-8-14(12)25-2/h4-9H,21-22H2,1-3H3/b15-9-. The van der Waals surface area contributed by atoms with Gasteiger partial charge in [0.1, 0.15) is 11.4 Å². The molecule has 0 amide bonds. The topological polar surface area (TPSA) is 86.6 Å². The fourth-order valence-electron chi connectivity index (χ4n) is 2.29. The third-order valence-corrected chi connectivity index (χ3v) is 3.60. The molecular formula is C17H19F3N4O2. The van der Waals surface area contributed by atoms with Crippen LogP contribution in [0.15, 0.2) is 42.4 Å². The third-order valence-electron chi connectivity index (χ3n) is 3.60. The molecule has 1 aromatic carbocycles. The van der Waals surface area contributed by atoms with Crippen LogP contribution in [0.25, 0.3) is 11.1 Å². The van der Waals surface area contributed by atoms with Crippen molar-refractivity contribution in [3.05, 3.63) is 47.9 Å². The van der Waals surface area contributed by atoms with Crippen molar-refractivity contribution in [1.29, 1.82) is 0 Å². The molecule has 0 spiro atoms. The van der Waals surface area contributed by atoms with E-state index in [0.29, 0.717) is 34.6 Å². The summed E-state index contributed by atoms with van der Waals surface area (Å²) in [5.41, 5.74) is 6.03. The van der Waals surface area contributed by atoms with E-state index >= 15 is 0 Å². The summed E-state index contributed by atoms with van der Waals surface area (Å²) >= 11 is 0. The second kappa shape index (κ2) is 7.52. The Morgan fingerprint density at radius 2 is 1.85 bits per heavy atom. The number of hydrogen-bond acceptors (Lipinski definition) is 6. The van der Waals surface area contributed by atoms with Crippen LogP contribution >= 0.6 is 0 Å². The molecule has 0 fully saturated rings. The van der Waals surface area contributed by atoms with Gasteiger partial charge in [-0.25, -0.2) is 10.8 Å². The Hall–Kier alpha value is -2.94. The van der Waals surface area contributed by atoms with Gasteiger partial charge in [0.05, 0.1) is 26.1 Å². The fourth-order valence-corrected chi connectivity index (χ4v) is 2.29. The molecule has 6 nitrogen and oxygen atoms in total. The van der Waals surface area contributed by atoms with Crippen molar-refractivity contribution in [3.63, 3.8) is 0 Å². The van der Waals surface area contributed by atoms with E-state index in [2.05, 4.69) is 4.98 Å². The van der Waals surface area contributed by atoms with E-state index in [1.807, 2.05) is 6.92 Å². The number of allylic oxidation sites excluding steroid dienone is 1. The highest BCUT2D eigenvalue weighted by atomic mass is 19.4.